The van der Waals surface area contributed by atoms with E-state index in [-0.39, 0.29) is 48.1 Å². The maximum atomic E-state index is 13.1. The van der Waals surface area contributed by atoms with Gasteiger partial charge in [0.25, 0.3) is 0 Å². The first-order chi connectivity index (χ1) is 12.2. The lowest BCUT2D eigenvalue weighted by atomic mass is 9.75. The predicted molar refractivity (Wildman–Crippen MR) is 96.1 cm³/mol. The molecule has 2 fully saturated rings. The minimum absolute atomic E-state index is 0.0231. The van der Waals surface area contributed by atoms with Crippen molar-refractivity contribution in [2.45, 2.75) is 65.4 Å². The standard InChI is InChI=1S/C21H30O5/c1-11(2)15-10-18-12(3)14-6-7-21(4,26-18)19(14)17(23)9-13(8-16(15)22)20(24)25-5/h11,13-15,19H,6-10H2,1-5H3/t13-,14+,15+,19+,21+/m0/s1. The molecule has 2 heterocycles. The summed E-state index contributed by atoms with van der Waals surface area (Å²) >= 11 is 0. The fourth-order valence-corrected chi connectivity index (χ4v) is 5.20. The highest BCUT2D eigenvalue weighted by molar-refractivity contribution is 5.92. The number of hydrogen-bond donors (Lipinski definition) is 0. The first-order valence-corrected chi connectivity index (χ1v) is 9.69. The predicted octanol–water partition coefficient (Wildman–Crippen LogP) is 3.46. The van der Waals surface area contributed by atoms with Crippen molar-refractivity contribution in [3.05, 3.63) is 11.3 Å². The molecular weight excluding hydrogens is 332 g/mol. The van der Waals surface area contributed by atoms with Gasteiger partial charge in [0.1, 0.15) is 17.2 Å². The molecule has 0 unspecified atom stereocenters. The lowest BCUT2D eigenvalue weighted by Crippen LogP contribution is -2.44. The molecule has 0 aromatic heterocycles. The number of hydrogen-bond acceptors (Lipinski definition) is 5. The van der Waals surface area contributed by atoms with Crippen molar-refractivity contribution >= 4 is 17.5 Å². The largest absolute Gasteiger partial charge is 0.491 e. The number of carbonyl (C=O) groups excluding carboxylic acids is 3. The van der Waals surface area contributed by atoms with Crippen LogP contribution in [0.15, 0.2) is 11.3 Å². The maximum Gasteiger partial charge on any atom is 0.309 e. The van der Waals surface area contributed by atoms with E-state index in [4.69, 9.17) is 9.47 Å². The minimum Gasteiger partial charge on any atom is -0.491 e. The Morgan fingerprint density at radius 2 is 1.85 bits per heavy atom. The SMILES string of the molecule is COC(=O)[C@H]1CC(=O)[C@@H](C(C)C)CC2=C(C)[C@H]3CC[C@@](C)(O2)[C@H]3C(=O)C1. The molecule has 4 aliphatic rings. The zero-order chi connectivity index (χ0) is 19.2. The highest BCUT2D eigenvalue weighted by atomic mass is 16.5. The Bertz CT molecular complexity index is 661. The van der Waals surface area contributed by atoms with Gasteiger partial charge in [-0.1, -0.05) is 13.8 Å². The number of ketones is 2. The van der Waals surface area contributed by atoms with Crippen molar-refractivity contribution < 1.29 is 23.9 Å². The molecule has 2 aliphatic carbocycles. The number of carbonyl (C=O) groups is 3. The van der Waals surface area contributed by atoms with E-state index in [2.05, 4.69) is 0 Å². The van der Waals surface area contributed by atoms with Crippen LogP contribution in [-0.2, 0) is 23.9 Å². The number of allylic oxidation sites excluding steroid dienone is 2. The number of rotatable bonds is 2. The molecule has 0 radical (unpaired) electrons. The van der Waals surface area contributed by atoms with Crippen molar-refractivity contribution in [3.63, 3.8) is 0 Å². The van der Waals surface area contributed by atoms with Gasteiger partial charge in [0.05, 0.1) is 24.7 Å². The van der Waals surface area contributed by atoms with Crippen LogP contribution in [0.5, 0.6) is 0 Å². The molecule has 5 atom stereocenters. The number of fused-ring (bicyclic) bond motifs is 6. The summed E-state index contributed by atoms with van der Waals surface area (Å²) in [5, 5.41) is 0. The second-order valence-corrected chi connectivity index (χ2v) is 8.76. The summed E-state index contributed by atoms with van der Waals surface area (Å²) in [5.41, 5.74) is 0.597. The lowest BCUT2D eigenvalue weighted by molar-refractivity contribution is -0.150. The molecule has 5 nitrogen and oxygen atoms in total. The molecule has 1 saturated heterocycles. The topological polar surface area (TPSA) is 69.7 Å². The van der Waals surface area contributed by atoms with E-state index < -0.39 is 17.5 Å². The van der Waals surface area contributed by atoms with Gasteiger partial charge in [-0.05, 0) is 44.1 Å². The van der Waals surface area contributed by atoms with E-state index in [0.717, 1.165) is 24.2 Å². The molecule has 4 rings (SSSR count). The normalized spacial score (nSPS) is 37.6. The van der Waals surface area contributed by atoms with Crippen molar-refractivity contribution in [1.82, 2.24) is 0 Å². The number of Topliss-reactive ketones (excluding diaryl/α,β-unsaturated/α-hetero) is 2. The average molecular weight is 362 g/mol. The fraction of sp³-hybridized carbons (Fsp3) is 0.762. The van der Waals surface area contributed by atoms with Crippen LogP contribution >= 0.6 is 0 Å². The third-order valence-corrected chi connectivity index (χ3v) is 6.76. The van der Waals surface area contributed by atoms with Crippen LogP contribution in [0.3, 0.4) is 0 Å². The molecule has 0 aromatic rings. The number of esters is 1. The second-order valence-electron chi connectivity index (χ2n) is 8.76. The molecule has 26 heavy (non-hydrogen) atoms. The van der Waals surface area contributed by atoms with Gasteiger partial charge < -0.3 is 9.47 Å². The van der Waals surface area contributed by atoms with Crippen LogP contribution in [0.2, 0.25) is 0 Å². The first kappa shape index (κ1) is 19.1. The molecule has 0 spiro atoms. The van der Waals surface area contributed by atoms with E-state index in [9.17, 15) is 14.4 Å². The molecule has 5 heteroatoms. The van der Waals surface area contributed by atoms with Crippen LogP contribution < -0.4 is 0 Å². The second kappa shape index (κ2) is 6.82. The van der Waals surface area contributed by atoms with Gasteiger partial charge in [-0.3, -0.25) is 14.4 Å². The minimum atomic E-state index is -0.688. The molecule has 1 saturated carbocycles. The van der Waals surface area contributed by atoms with Gasteiger partial charge in [-0.25, -0.2) is 0 Å². The van der Waals surface area contributed by atoms with Crippen LogP contribution in [-0.4, -0.2) is 30.2 Å². The Kier molecular flexibility index (Phi) is 5.02. The molecule has 4 bridgehead atoms. The Morgan fingerprint density at radius 3 is 2.46 bits per heavy atom. The summed E-state index contributed by atoms with van der Waals surface area (Å²) in [7, 11) is 1.32. The monoisotopic (exact) mass is 362 g/mol. The van der Waals surface area contributed by atoms with E-state index in [1.165, 1.54) is 7.11 Å². The zero-order valence-electron chi connectivity index (χ0n) is 16.5. The molecule has 2 aliphatic heterocycles. The summed E-state index contributed by atoms with van der Waals surface area (Å²) in [6.07, 6.45) is 2.44. The molecular formula is C21H30O5. The molecule has 0 amide bonds. The van der Waals surface area contributed by atoms with Gasteiger partial charge in [0, 0.05) is 25.2 Å². The Hall–Kier alpha value is -1.65. The quantitative estimate of drug-likeness (QED) is 0.704. The van der Waals surface area contributed by atoms with Gasteiger partial charge in [-0.2, -0.15) is 0 Å². The summed E-state index contributed by atoms with van der Waals surface area (Å²) in [6.45, 7) is 8.11. The van der Waals surface area contributed by atoms with Gasteiger partial charge >= 0.3 is 5.97 Å². The maximum absolute atomic E-state index is 13.1. The van der Waals surface area contributed by atoms with E-state index in [1.807, 2.05) is 27.7 Å². The summed E-state index contributed by atoms with van der Waals surface area (Å²) < 4.78 is 11.3. The Labute approximate surface area is 155 Å². The molecule has 0 N–H and O–H groups in total. The Morgan fingerprint density at radius 1 is 1.19 bits per heavy atom. The summed E-state index contributed by atoms with van der Waals surface area (Å²) in [6, 6.07) is 0. The zero-order valence-corrected chi connectivity index (χ0v) is 16.5. The van der Waals surface area contributed by atoms with E-state index in [1.54, 1.807) is 0 Å². The van der Waals surface area contributed by atoms with Crippen molar-refractivity contribution in [2.75, 3.05) is 7.11 Å². The van der Waals surface area contributed by atoms with Crippen LogP contribution in [0.1, 0.15) is 59.8 Å². The first-order valence-electron chi connectivity index (χ1n) is 9.69. The summed E-state index contributed by atoms with van der Waals surface area (Å²) in [4.78, 5) is 38.4. The van der Waals surface area contributed by atoms with Crippen LogP contribution in [0.25, 0.3) is 0 Å². The third kappa shape index (κ3) is 3.10. The van der Waals surface area contributed by atoms with Gasteiger partial charge in [-0.15, -0.1) is 0 Å². The third-order valence-electron chi connectivity index (χ3n) is 6.76. The van der Waals surface area contributed by atoms with Gasteiger partial charge in [0.2, 0.25) is 0 Å². The Balaban J connectivity index is 2.06. The number of methoxy groups -OCH3 is 1. The van der Waals surface area contributed by atoms with Gasteiger partial charge in [0.15, 0.2) is 0 Å². The molecule has 144 valence electrons. The average Bonchev–Trinajstić information content (AvgIpc) is 2.85. The molecule has 0 aromatic carbocycles. The van der Waals surface area contributed by atoms with Crippen molar-refractivity contribution in [1.29, 1.82) is 0 Å². The van der Waals surface area contributed by atoms with E-state index >= 15 is 0 Å². The number of ether oxygens (including phenoxy) is 2. The van der Waals surface area contributed by atoms with Crippen LogP contribution in [0.4, 0.5) is 0 Å². The summed E-state index contributed by atoms with van der Waals surface area (Å²) in [5.74, 6) is -0.345. The highest BCUT2D eigenvalue weighted by Crippen LogP contribution is 2.54. The van der Waals surface area contributed by atoms with Crippen LogP contribution in [0, 0.1) is 29.6 Å². The van der Waals surface area contributed by atoms with E-state index in [0.29, 0.717) is 6.42 Å². The smallest absolute Gasteiger partial charge is 0.309 e. The highest BCUT2D eigenvalue weighted by Gasteiger charge is 2.55. The van der Waals surface area contributed by atoms with Crippen molar-refractivity contribution in [3.8, 4) is 0 Å². The fourth-order valence-electron chi connectivity index (χ4n) is 5.20. The lowest BCUT2D eigenvalue weighted by Gasteiger charge is -2.40. The van der Waals surface area contributed by atoms with Crippen molar-refractivity contribution in [2.24, 2.45) is 29.6 Å².